The molecule has 4 aromatic rings. The average Bonchev–Trinajstić information content (AvgIpc) is 3.13. The maximum atomic E-state index is 13.8. The molecule has 0 radical (unpaired) electrons. The Morgan fingerprint density at radius 3 is 2.18 bits per heavy atom. The zero-order valence-electron chi connectivity index (χ0n) is 18.0. The molecule has 162 valence electrons. The molecule has 0 saturated carbocycles. The number of rotatable bonds is 5. The highest BCUT2D eigenvalue weighted by Crippen LogP contribution is 2.46. The highest BCUT2D eigenvalue weighted by Gasteiger charge is 2.38. The third-order valence-corrected chi connectivity index (χ3v) is 6.03. The molecule has 0 amide bonds. The molecule has 5 rings (SSSR count). The summed E-state index contributed by atoms with van der Waals surface area (Å²) in [7, 11) is 1.62. The molecule has 33 heavy (non-hydrogen) atoms. The van der Waals surface area contributed by atoms with E-state index in [4.69, 9.17) is 21.1 Å². The summed E-state index contributed by atoms with van der Waals surface area (Å²) >= 11 is 6.06. The van der Waals surface area contributed by atoms with Gasteiger partial charge in [0.25, 0.3) is 0 Å². The van der Waals surface area contributed by atoms with Gasteiger partial charge in [0.15, 0.2) is 5.78 Å². The van der Waals surface area contributed by atoms with Crippen LogP contribution >= 0.6 is 11.6 Å². The highest BCUT2D eigenvalue weighted by atomic mass is 35.5. The first kappa shape index (κ1) is 21.0. The molecule has 4 aromatic carbocycles. The summed E-state index contributed by atoms with van der Waals surface area (Å²) in [6.45, 7) is 0. The van der Waals surface area contributed by atoms with Crippen molar-refractivity contribution in [3.8, 4) is 17.2 Å². The van der Waals surface area contributed by atoms with Gasteiger partial charge in [0.05, 0.1) is 12.7 Å². The molecule has 1 aliphatic rings. The van der Waals surface area contributed by atoms with Crippen molar-refractivity contribution in [1.82, 2.24) is 0 Å². The molecule has 0 bridgehead atoms. The second-order valence-electron chi connectivity index (χ2n) is 7.82. The van der Waals surface area contributed by atoms with Crippen LogP contribution in [0.3, 0.4) is 0 Å². The Morgan fingerprint density at radius 1 is 0.788 bits per heavy atom. The predicted molar refractivity (Wildman–Crippen MR) is 132 cm³/mol. The highest BCUT2D eigenvalue weighted by molar-refractivity contribution is 6.30. The number of carbonyl (C=O) groups excluding carboxylic acids is 1. The van der Waals surface area contributed by atoms with Crippen molar-refractivity contribution in [2.24, 2.45) is 0 Å². The number of hydrogen-bond acceptors (Lipinski definition) is 3. The van der Waals surface area contributed by atoms with E-state index in [-0.39, 0.29) is 11.7 Å². The lowest BCUT2D eigenvalue weighted by molar-refractivity contribution is 0.103. The molecule has 1 aliphatic carbocycles. The van der Waals surface area contributed by atoms with Crippen molar-refractivity contribution in [3.05, 3.63) is 130 Å². The average molecular weight is 453 g/mol. The first-order valence-corrected chi connectivity index (χ1v) is 11.0. The molecule has 0 N–H and O–H groups in total. The van der Waals surface area contributed by atoms with E-state index in [2.05, 4.69) is 12.1 Å². The number of halogens is 1. The Hall–Kier alpha value is -3.82. The van der Waals surface area contributed by atoms with E-state index >= 15 is 0 Å². The monoisotopic (exact) mass is 452 g/mol. The van der Waals surface area contributed by atoms with Gasteiger partial charge in [-0.15, -0.1) is 0 Å². The summed E-state index contributed by atoms with van der Waals surface area (Å²) in [6, 6.07) is 30.7. The maximum absolute atomic E-state index is 13.8. The number of fused-ring (bicyclic) bond motifs is 1. The molecular weight excluding hydrogens is 432 g/mol. The number of benzene rings is 4. The van der Waals surface area contributed by atoms with E-state index in [1.165, 1.54) is 0 Å². The van der Waals surface area contributed by atoms with Crippen LogP contribution in [-0.2, 0) is 0 Å². The standard InChI is InChI=1S/C29H21ClO3/c1-32-22-14-16-23(17-15-22)33-26-9-5-8-24-27(20-6-3-2-4-7-20)25(29(31)28(24)26)18-19-10-12-21(30)13-11-19/h2-18,27H,1H3. The molecule has 4 heteroatoms. The number of Topliss-reactive ketones (excluding diaryl/α,β-unsaturated/α-hetero) is 1. The third kappa shape index (κ3) is 4.15. The number of allylic oxidation sites excluding steroid dienone is 1. The molecule has 0 saturated heterocycles. The Kier molecular flexibility index (Phi) is 5.72. The van der Waals surface area contributed by atoms with Crippen LogP contribution in [0.25, 0.3) is 6.08 Å². The van der Waals surface area contributed by atoms with Crippen LogP contribution in [0.5, 0.6) is 17.2 Å². The van der Waals surface area contributed by atoms with Crippen molar-refractivity contribution in [2.45, 2.75) is 5.92 Å². The number of ketones is 1. The topological polar surface area (TPSA) is 35.5 Å². The lowest BCUT2D eigenvalue weighted by atomic mass is 9.89. The largest absolute Gasteiger partial charge is 0.497 e. The fourth-order valence-corrected chi connectivity index (χ4v) is 4.35. The van der Waals surface area contributed by atoms with Gasteiger partial charge >= 0.3 is 0 Å². The maximum Gasteiger partial charge on any atom is 0.194 e. The fraction of sp³-hybridized carbons (Fsp3) is 0.0690. The van der Waals surface area contributed by atoms with Gasteiger partial charge in [0.1, 0.15) is 17.2 Å². The van der Waals surface area contributed by atoms with Crippen LogP contribution in [0.15, 0.2) is 103 Å². The molecule has 0 aromatic heterocycles. The first-order valence-electron chi connectivity index (χ1n) is 10.7. The van der Waals surface area contributed by atoms with Gasteiger partial charge in [-0.1, -0.05) is 66.2 Å². The van der Waals surface area contributed by atoms with Crippen LogP contribution in [0, 0.1) is 0 Å². The van der Waals surface area contributed by atoms with Gasteiger partial charge in [-0.3, -0.25) is 4.79 Å². The summed E-state index contributed by atoms with van der Waals surface area (Å²) in [5.74, 6) is 1.72. The number of hydrogen-bond donors (Lipinski definition) is 0. The van der Waals surface area contributed by atoms with E-state index in [0.717, 1.165) is 22.4 Å². The zero-order chi connectivity index (χ0) is 22.8. The molecule has 1 unspecified atom stereocenters. The lowest BCUT2D eigenvalue weighted by Crippen LogP contribution is -2.02. The van der Waals surface area contributed by atoms with E-state index in [1.54, 1.807) is 7.11 Å². The van der Waals surface area contributed by atoms with Gasteiger partial charge in [-0.2, -0.15) is 0 Å². The van der Waals surface area contributed by atoms with Crippen LogP contribution in [-0.4, -0.2) is 12.9 Å². The smallest absolute Gasteiger partial charge is 0.194 e. The van der Waals surface area contributed by atoms with Crippen molar-refractivity contribution in [1.29, 1.82) is 0 Å². The van der Waals surface area contributed by atoms with Crippen LogP contribution in [0.1, 0.15) is 33.0 Å². The fourth-order valence-electron chi connectivity index (χ4n) is 4.22. The van der Waals surface area contributed by atoms with Gasteiger partial charge in [-0.05, 0) is 65.2 Å². The quantitative estimate of drug-likeness (QED) is 0.293. The van der Waals surface area contributed by atoms with E-state index < -0.39 is 0 Å². The second kappa shape index (κ2) is 8.97. The predicted octanol–water partition coefficient (Wildman–Crippen LogP) is 7.55. The third-order valence-electron chi connectivity index (χ3n) is 5.78. The Labute approximate surface area is 197 Å². The number of ether oxygens (including phenoxy) is 2. The normalized spacial score (nSPS) is 16.0. The van der Waals surface area contributed by atoms with Crippen molar-refractivity contribution >= 4 is 23.5 Å². The lowest BCUT2D eigenvalue weighted by Gasteiger charge is -2.14. The molecular formula is C29H21ClO3. The molecule has 0 heterocycles. The van der Waals surface area contributed by atoms with Gasteiger partial charge in [0, 0.05) is 16.5 Å². The Balaban J connectivity index is 1.61. The molecule has 0 spiro atoms. The summed E-state index contributed by atoms with van der Waals surface area (Å²) in [5, 5.41) is 0.660. The van der Waals surface area contributed by atoms with Crippen molar-refractivity contribution in [2.75, 3.05) is 7.11 Å². The van der Waals surface area contributed by atoms with Gasteiger partial charge < -0.3 is 9.47 Å². The molecule has 0 fully saturated rings. The minimum absolute atomic E-state index is 0.0297. The first-order chi connectivity index (χ1) is 16.1. The van der Waals surface area contributed by atoms with Gasteiger partial charge in [0.2, 0.25) is 0 Å². The van der Waals surface area contributed by atoms with E-state index in [1.807, 2.05) is 91.0 Å². The Morgan fingerprint density at radius 2 is 1.48 bits per heavy atom. The molecule has 3 nitrogen and oxygen atoms in total. The van der Waals surface area contributed by atoms with Crippen LogP contribution < -0.4 is 9.47 Å². The summed E-state index contributed by atoms with van der Waals surface area (Å²) < 4.78 is 11.4. The van der Waals surface area contributed by atoms with Crippen LogP contribution in [0.4, 0.5) is 0 Å². The summed E-state index contributed by atoms with van der Waals surface area (Å²) in [4.78, 5) is 13.8. The molecule has 0 aliphatic heterocycles. The SMILES string of the molecule is COc1ccc(Oc2cccc3c2C(=O)C(=Cc2ccc(Cl)cc2)C3c2ccccc2)cc1. The Bertz CT molecular complexity index is 1320. The number of methoxy groups -OCH3 is 1. The minimum Gasteiger partial charge on any atom is -0.497 e. The summed E-state index contributed by atoms with van der Waals surface area (Å²) in [5.41, 5.74) is 4.24. The molecule has 1 atom stereocenters. The summed E-state index contributed by atoms with van der Waals surface area (Å²) in [6.07, 6.45) is 1.95. The zero-order valence-corrected chi connectivity index (χ0v) is 18.8. The van der Waals surface area contributed by atoms with Crippen molar-refractivity contribution in [3.63, 3.8) is 0 Å². The number of carbonyl (C=O) groups is 1. The second-order valence-corrected chi connectivity index (χ2v) is 8.26. The van der Waals surface area contributed by atoms with E-state index in [9.17, 15) is 4.79 Å². The van der Waals surface area contributed by atoms with E-state index in [0.29, 0.717) is 27.7 Å². The minimum atomic E-state index is -0.177. The van der Waals surface area contributed by atoms with Gasteiger partial charge in [-0.25, -0.2) is 0 Å². The van der Waals surface area contributed by atoms with Crippen LogP contribution in [0.2, 0.25) is 5.02 Å². The van der Waals surface area contributed by atoms with Crippen molar-refractivity contribution < 1.29 is 14.3 Å².